The zero-order valence-electron chi connectivity index (χ0n) is 20.0. The Labute approximate surface area is 230 Å². The van der Waals surface area contributed by atoms with Crippen LogP contribution >= 0.6 is 23.4 Å². The predicted molar refractivity (Wildman–Crippen MR) is 140 cm³/mol. The van der Waals surface area contributed by atoms with Crippen LogP contribution in [0.1, 0.15) is 21.5 Å². The maximum atomic E-state index is 13.0. The average molecular weight is 569 g/mol. The number of esters is 1. The van der Waals surface area contributed by atoms with Gasteiger partial charge in [0.05, 0.1) is 29.0 Å². The van der Waals surface area contributed by atoms with E-state index >= 15 is 0 Å². The van der Waals surface area contributed by atoms with E-state index in [-0.39, 0.29) is 41.0 Å². The number of ether oxygens (including phenoxy) is 4. The molecule has 0 atom stereocenters. The quantitative estimate of drug-likeness (QED) is 0.119. The van der Waals surface area contributed by atoms with E-state index in [0.717, 1.165) is 22.7 Å². The third-order valence-electron chi connectivity index (χ3n) is 5.72. The van der Waals surface area contributed by atoms with Gasteiger partial charge in [-0.2, -0.15) is 0 Å². The van der Waals surface area contributed by atoms with Gasteiger partial charge in [0.2, 0.25) is 6.79 Å². The molecule has 198 valence electrons. The molecule has 5 rings (SSSR count). The third-order valence-corrected chi connectivity index (χ3v) is 6.98. The molecule has 13 heteroatoms. The van der Waals surface area contributed by atoms with Crippen molar-refractivity contribution < 1.29 is 38.3 Å². The minimum absolute atomic E-state index is 0.00781. The van der Waals surface area contributed by atoms with Crippen molar-refractivity contribution in [3.8, 4) is 23.0 Å². The van der Waals surface area contributed by atoms with E-state index in [1.54, 1.807) is 18.2 Å². The number of imide groups is 1. The highest BCUT2D eigenvalue weighted by Crippen LogP contribution is 2.40. The molecule has 2 heterocycles. The van der Waals surface area contributed by atoms with Gasteiger partial charge in [-0.1, -0.05) is 23.7 Å². The molecule has 0 saturated carbocycles. The van der Waals surface area contributed by atoms with Crippen LogP contribution in [0.4, 0.5) is 10.5 Å². The van der Waals surface area contributed by atoms with Crippen molar-refractivity contribution in [3.05, 3.63) is 91.3 Å². The summed E-state index contributed by atoms with van der Waals surface area (Å²) in [5.41, 5.74) is 0.780. The number of benzene rings is 3. The Morgan fingerprint density at radius 1 is 1.13 bits per heavy atom. The van der Waals surface area contributed by atoms with Gasteiger partial charge in [0.1, 0.15) is 0 Å². The summed E-state index contributed by atoms with van der Waals surface area (Å²) in [5.74, 6) is -0.0984. The maximum Gasteiger partial charge on any atom is 0.343 e. The summed E-state index contributed by atoms with van der Waals surface area (Å²) in [4.78, 5) is 49.9. The van der Waals surface area contributed by atoms with Gasteiger partial charge in [0.15, 0.2) is 23.0 Å². The summed E-state index contributed by atoms with van der Waals surface area (Å²) in [7, 11) is 1.37. The molecule has 0 spiro atoms. The molecule has 0 aliphatic carbocycles. The van der Waals surface area contributed by atoms with Crippen LogP contribution in [0.2, 0.25) is 5.02 Å². The number of methoxy groups -OCH3 is 1. The number of hydrogen-bond acceptors (Lipinski definition) is 10. The molecule has 1 saturated heterocycles. The van der Waals surface area contributed by atoms with Gasteiger partial charge in [-0.05, 0) is 53.2 Å². The number of halogens is 1. The Morgan fingerprint density at radius 3 is 2.64 bits per heavy atom. The molecule has 2 aliphatic rings. The number of rotatable bonds is 7. The first-order chi connectivity index (χ1) is 18.7. The molecule has 0 aromatic heterocycles. The number of nitro groups is 1. The normalized spacial score (nSPS) is 15.1. The minimum Gasteiger partial charge on any atom is -0.493 e. The Bertz CT molecular complexity index is 1570. The van der Waals surface area contributed by atoms with Gasteiger partial charge in [-0.15, -0.1) is 0 Å². The molecule has 0 bridgehead atoms. The topological polar surface area (TPSA) is 135 Å². The Balaban J connectivity index is 1.33. The van der Waals surface area contributed by atoms with Gasteiger partial charge in [-0.25, -0.2) is 4.79 Å². The van der Waals surface area contributed by atoms with Gasteiger partial charge >= 0.3 is 5.97 Å². The van der Waals surface area contributed by atoms with Crippen molar-refractivity contribution in [3.63, 3.8) is 0 Å². The number of non-ortho nitro benzene ring substituents is 1. The van der Waals surface area contributed by atoms with Crippen molar-refractivity contribution in [1.82, 2.24) is 4.90 Å². The number of carbonyl (C=O) groups is 3. The highest BCUT2D eigenvalue weighted by molar-refractivity contribution is 8.18. The first-order valence-corrected chi connectivity index (χ1v) is 12.4. The smallest absolute Gasteiger partial charge is 0.343 e. The van der Waals surface area contributed by atoms with Crippen molar-refractivity contribution in [2.45, 2.75) is 6.54 Å². The van der Waals surface area contributed by atoms with E-state index in [1.807, 2.05) is 0 Å². The third kappa shape index (κ3) is 5.38. The molecule has 11 nitrogen and oxygen atoms in total. The summed E-state index contributed by atoms with van der Waals surface area (Å²) in [6.07, 6.45) is 1.51. The first kappa shape index (κ1) is 26.1. The second-order valence-electron chi connectivity index (χ2n) is 8.17. The molecule has 2 aliphatic heterocycles. The summed E-state index contributed by atoms with van der Waals surface area (Å²) < 4.78 is 21.3. The second kappa shape index (κ2) is 10.7. The molecular weight excluding hydrogens is 552 g/mol. The number of nitrogens with zero attached hydrogens (tertiary/aromatic N) is 2. The van der Waals surface area contributed by atoms with Gasteiger partial charge in [0.25, 0.3) is 16.8 Å². The molecule has 3 aromatic rings. The molecule has 39 heavy (non-hydrogen) atoms. The maximum absolute atomic E-state index is 13.0. The number of amides is 2. The number of thioether (sulfide) groups is 1. The summed E-state index contributed by atoms with van der Waals surface area (Å²) >= 11 is 7.08. The summed E-state index contributed by atoms with van der Waals surface area (Å²) in [5, 5.41) is 10.9. The lowest BCUT2D eigenvalue weighted by Crippen LogP contribution is -2.27. The minimum atomic E-state index is -0.812. The van der Waals surface area contributed by atoms with E-state index in [0.29, 0.717) is 27.6 Å². The lowest BCUT2D eigenvalue weighted by atomic mass is 10.1. The van der Waals surface area contributed by atoms with E-state index in [4.69, 9.17) is 30.5 Å². The Morgan fingerprint density at radius 2 is 1.90 bits per heavy atom. The summed E-state index contributed by atoms with van der Waals surface area (Å²) in [6.45, 7) is 0.0169. The van der Waals surface area contributed by atoms with E-state index < -0.39 is 22.0 Å². The van der Waals surface area contributed by atoms with E-state index in [1.165, 1.54) is 43.5 Å². The standard InChI is InChI=1S/C26H17ClN2O9S/c1-35-20-7-14(5-6-19(20)38-25(31)15-3-2-4-17(9-15)29(33)34)8-23-24(30)28(26(32)39-23)12-16-10-21-22(11-18(16)27)37-13-36-21/h2-11H,12-13H2,1H3/b23-8-. The van der Waals surface area contributed by atoms with Crippen LogP contribution in [-0.2, 0) is 11.3 Å². The number of hydrogen-bond donors (Lipinski definition) is 0. The van der Waals surface area contributed by atoms with E-state index in [9.17, 15) is 24.5 Å². The van der Waals surface area contributed by atoms with Crippen LogP contribution in [0.25, 0.3) is 6.08 Å². The molecular formula is C26H17ClN2O9S. The van der Waals surface area contributed by atoms with Gasteiger partial charge in [0, 0.05) is 23.2 Å². The molecule has 0 N–H and O–H groups in total. The van der Waals surface area contributed by atoms with Crippen LogP contribution in [-0.4, -0.2) is 40.8 Å². The summed E-state index contributed by atoms with van der Waals surface area (Å²) in [6, 6.07) is 12.9. The van der Waals surface area contributed by atoms with Crippen LogP contribution in [0, 0.1) is 10.1 Å². The van der Waals surface area contributed by atoms with Crippen molar-refractivity contribution >= 4 is 52.2 Å². The lowest BCUT2D eigenvalue weighted by Gasteiger charge is -2.14. The van der Waals surface area contributed by atoms with Crippen molar-refractivity contribution in [2.75, 3.05) is 13.9 Å². The first-order valence-electron chi connectivity index (χ1n) is 11.2. The predicted octanol–water partition coefficient (Wildman–Crippen LogP) is 5.44. The molecule has 1 fully saturated rings. The largest absolute Gasteiger partial charge is 0.493 e. The van der Waals surface area contributed by atoms with E-state index in [2.05, 4.69) is 0 Å². The molecule has 3 aromatic carbocycles. The van der Waals surface area contributed by atoms with Crippen LogP contribution in [0.15, 0.2) is 59.5 Å². The van der Waals surface area contributed by atoms with Crippen molar-refractivity contribution in [2.24, 2.45) is 0 Å². The zero-order valence-corrected chi connectivity index (χ0v) is 21.6. The average Bonchev–Trinajstić information content (AvgIpc) is 3.48. The van der Waals surface area contributed by atoms with Gasteiger partial charge in [-0.3, -0.25) is 24.6 Å². The molecule has 0 unspecified atom stereocenters. The Hall–Kier alpha value is -4.55. The molecule has 2 amide bonds. The fourth-order valence-corrected chi connectivity index (χ4v) is 4.85. The highest BCUT2D eigenvalue weighted by atomic mass is 35.5. The number of nitro benzene ring substituents is 1. The fourth-order valence-electron chi connectivity index (χ4n) is 3.80. The molecule has 0 radical (unpaired) electrons. The lowest BCUT2D eigenvalue weighted by molar-refractivity contribution is -0.384. The fraction of sp³-hybridized carbons (Fsp3) is 0.115. The van der Waals surface area contributed by atoms with Crippen LogP contribution in [0.5, 0.6) is 23.0 Å². The highest BCUT2D eigenvalue weighted by Gasteiger charge is 2.36. The zero-order chi connectivity index (χ0) is 27.7. The second-order valence-corrected chi connectivity index (χ2v) is 9.57. The number of carbonyl (C=O) groups excluding carboxylic acids is 3. The van der Waals surface area contributed by atoms with Gasteiger partial charge < -0.3 is 18.9 Å². The van der Waals surface area contributed by atoms with Crippen LogP contribution in [0.3, 0.4) is 0 Å². The Kier molecular flexibility index (Phi) is 7.13. The van der Waals surface area contributed by atoms with Crippen molar-refractivity contribution in [1.29, 1.82) is 0 Å². The van der Waals surface area contributed by atoms with Crippen LogP contribution < -0.4 is 18.9 Å². The SMILES string of the molecule is COc1cc(/C=C2\SC(=O)N(Cc3cc4c(cc3Cl)OCO4)C2=O)ccc1OC(=O)c1cccc([N+](=O)[O-])c1. The monoisotopic (exact) mass is 568 g/mol. The number of fused-ring (bicyclic) bond motifs is 1.